The van der Waals surface area contributed by atoms with Crippen LogP contribution in [0, 0.1) is 11.8 Å². The van der Waals surface area contributed by atoms with Crippen LogP contribution >= 0.6 is 0 Å². The highest BCUT2D eigenvalue weighted by atomic mass is 16.4. The van der Waals surface area contributed by atoms with E-state index in [1.165, 1.54) is 0 Å². The lowest BCUT2D eigenvalue weighted by molar-refractivity contribution is -0.137. The SMILES string of the molecule is CCCCC[C@H](O)/C=C/[C@@H]1CCC(=O)[C@H]1CCCCCCC(=O)O. The third-order valence-electron chi connectivity index (χ3n) is 4.99. The molecule has 0 spiro atoms. The second kappa shape index (κ2) is 12.2. The number of rotatable bonds is 13. The maximum absolute atomic E-state index is 12.1. The highest BCUT2D eigenvalue weighted by molar-refractivity contribution is 5.83. The van der Waals surface area contributed by atoms with Crippen molar-refractivity contribution >= 4 is 11.8 Å². The van der Waals surface area contributed by atoms with Gasteiger partial charge in [-0.3, -0.25) is 9.59 Å². The number of unbranched alkanes of at least 4 members (excludes halogenated alkanes) is 5. The topological polar surface area (TPSA) is 74.6 Å². The summed E-state index contributed by atoms with van der Waals surface area (Å²) < 4.78 is 0. The van der Waals surface area contributed by atoms with Crippen molar-refractivity contribution in [1.82, 2.24) is 0 Å². The number of carboxylic acid groups (broad SMARTS) is 1. The molecule has 0 saturated heterocycles. The van der Waals surface area contributed by atoms with Crippen LogP contribution < -0.4 is 0 Å². The van der Waals surface area contributed by atoms with Crippen molar-refractivity contribution in [3.8, 4) is 0 Å². The Morgan fingerprint density at radius 3 is 2.67 bits per heavy atom. The molecule has 1 fully saturated rings. The maximum atomic E-state index is 12.1. The molecule has 2 N–H and O–H groups in total. The zero-order valence-corrected chi connectivity index (χ0v) is 15.1. The lowest BCUT2D eigenvalue weighted by Crippen LogP contribution is -2.14. The predicted octanol–water partition coefficient (Wildman–Crippen LogP) is 4.50. The predicted molar refractivity (Wildman–Crippen MR) is 95.8 cm³/mol. The molecule has 0 unspecified atom stereocenters. The first-order chi connectivity index (χ1) is 11.5. The van der Waals surface area contributed by atoms with Crippen molar-refractivity contribution in [2.45, 2.75) is 90.1 Å². The molecule has 138 valence electrons. The first kappa shape index (κ1) is 20.9. The highest BCUT2D eigenvalue weighted by Crippen LogP contribution is 2.34. The van der Waals surface area contributed by atoms with Gasteiger partial charge in [-0.05, 0) is 31.6 Å². The monoisotopic (exact) mass is 338 g/mol. The number of hydrogen-bond acceptors (Lipinski definition) is 3. The van der Waals surface area contributed by atoms with Crippen molar-refractivity contribution in [3.05, 3.63) is 12.2 Å². The van der Waals surface area contributed by atoms with Crippen LogP contribution in [0.3, 0.4) is 0 Å². The minimum Gasteiger partial charge on any atom is -0.481 e. The summed E-state index contributed by atoms with van der Waals surface area (Å²) >= 11 is 0. The molecule has 4 nitrogen and oxygen atoms in total. The number of allylic oxidation sites excluding steroid dienone is 1. The average molecular weight is 338 g/mol. The highest BCUT2D eigenvalue weighted by Gasteiger charge is 2.32. The second-order valence-electron chi connectivity index (χ2n) is 7.07. The van der Waals surface area contributed by atoms with Crippen LogP contribution in [0.4, 0.5) is 0 Å². The molecule has 3 atom stereocenters. The summed E-state index contributed by atoms with van der Waals surface area (Å²) in [4.78, 5) is 22.5. The van der Waals surface area contributed by atoms with Gasteiger partial charge in [0.05, 0.1) is 6.10 Å². The summed E-state index contributed by atoms with van der Waals surface area (Å²) in [6, 6.07) is 0. The smallest absolute Gasteiger partial charge is 0.303 e. The Bertz CT molecular complexity index is 402. The first-order valence-corrected chi connectivity index (χ1v) is 9.65. The lowest BCUT2D eigenvalue weighted by atomic mass is 9.89. The largest absolute Gasteiger partial charge is 0.481 e. The number of aliphatic hydroxyl groups excluding tert-OH is 1. The van der Waals surface area contributed by atoms with Gasteiger partial charge in [0.25, 0.3) is 0 Å². The van der Waals surface area contributed by atoms with Gasteiger partial charge in [-0.2, -0.15) is 0 Å². The Balaban J connectivity index is 2.28. The first-order valence-electron chi connectivity index (χ1n) is 9.65. The van der Waals surface area contributed by atoms with Gasteiger partial charge in [0.2, 0.25) is 0 Å². The number of hydrogen-bond donors (Lipinski definition) is 2. The van der Waals surface area contributed by atoms with Gasteiger partial charge in [-0.15, -0.1) is 0 Å². The molecule has 0 aromatic carbocycles. The van der Waals surface area contributed by atoms with Crippen molar-refractivity contribution in [1.29, 1.82) is 0 Å². The number of carbonyl (C=O) groups excluding carboxylic acids is 1. The van der Waals surface area contributed by atoms with Gasteiger partial charge in [-0.25, -0.2) is 0 Å². The number of ketones is 1. The van der Waals surface area contributed by atoms with Crippen molar-refractivity contribution < 1.29 is 19.8 Å². The van der Waals surface area contributed by atoms with Crippen LogP contribution in [-0.2, 0) is 9.59 Å². The number of Topliss-reactive ketones (excluding diaryl/α,β-unsaturated/α-hetero) is 1. The van der Waals surface area contributed by atoms with Gasteiger partial charge in [0.1, 0.15) is 5.78 Å². The molecule has 1 saturated carbocycles. The molecule has 0 aromatic heterocycles. The summed E-state index contributed by atoms with van der Waals surface area (Å²) in [6.45, 7) is 2.15. The van der Waals surface area contributed by atoms with Crippen LogP contribution in [0.1, 0.15) is 84.0 Å². The maximum Gasteiger partial charge on any atom is 0.303 e. The molecule has 24 heavy (non-hydrogen) atoms. The van der Waals surface area contributed by atoms with Gasteiger partial charge in [0, 0.05) is 18.8 Å². The van der Waals surface area contributed by atoms with Gasteiger partial charge >= 0.3 is 5.97 Å². The minimum absolute atomic E-state index is 0.101. The van der Waals surface area contributed by atoms with Gasteiger partial charge < -0.3 is 10.2 Å². The molecule has 0 bridgehead atoms. The molecule has 0 heterocycles. The zero-order chi connectivity index (χ0) is 17.8. The van der Waals surface area contributed by atoms with E-state index < -0.39 is 5.97 Å². The van der Waals surface area contributed by atoms with E-state index in [4.69, 9.17) is 5.11 Å². The summed E-state index contributed by atoms with van der Waals surface area (Å²) in [5.41, 5.74) is 0. The molecule has 4 heteroatoms. The van der Waals surface area contributed by atoms with Gasteiger partial charge in [-0.1, -0.05) is 57.6 Å². The number of carbonyl (C=O) groups is 2. The van der Waals surface area contributed by atoms with Crippen LogP contribution in [0.5, 0.6) is 0 Å². The molecular formula is C20H34O4. The van der Waals surface area contributed by atoms with Crippen LogP contribution in [0.25, 0.3) is 0 Å². The Labute approximate surface area is 146 Å². The van der Waals surface area contributed by atoms with E-state index in [2.05, 4.69) is 13.0 Å². The summed E-state index contributed by atoms with van der Waals surface area (Å²) in [5, 5.41) is 18.6. The van der Waals surface area contributed by atoms with E-state index >= 15 is 0 Å². The van der Waals surface area contributed by atoms with Crippen molar-refractivity contribution in [2.24, 2.45) is 11.8 Å². The Hall–Kier alpha value is -1.16. The normalized spacial score (nSPS) is 22.3. The fraction of sp³-hybridized carbons (Fsp3) is 0.800. The number of aliphatic hydroxyl groups is 1. The van der Waals surface area contributed by atoms with Gasteiger partial charge in [0.15, 0.2) is 0 Å². The fourth-order valence-corrected chi connectivity index (χ4v) is 3.50. The molecule has 0 amide bonds. The molecule has 0 radical (unpaired) electrons. The zero-order valence-electron chi connectivity index (χ0n) is 15.1. The quantitative estimate of drug-likeness (QED) is 0.383. The summed E-state index contributed by atoms with van der Waals surface area (Å²) in [5.74, 6) is 0.000218. The second-order valence-corrected chi connectivity index (χ2v) is 7.07. The molecule has 1 rings (SSSR count). The summed E-state index contributed by atoms with van der Waals surface area (Å²) in [6.07, 6.45) is 14.0. The molecule has 1 aliphatic carbocycles. The van der Waals surface area contributed by atoms with Crippen LogP contribution in [0.2, 0.25) is 0 Å². The minimum atomic E-state index is -0.733. The van der Waals surface area contributed by atoms with Crippen molar-refractivity contribution in [2.75, 3.05) is 0 Å². The van der Waals surface area contributed by atoms with E-state index in [1.54, 1.807) is 0 Å². The third-order valence-corrected chi connectivity index (χ3v) is 4.99. The number of carboxylic acids is 1. The molecule has 0 aromatic rings. The van der Waals surface area contributed by atoms with E-state index in [-0.39, 0.29) is 24.4 Å². The van der Waals surface area contributed by atoms with E-state index in [0.29, 0.717) is 12.2 Å². The molecule has 1 aliphatic rings. The standard InChI is InChI=1S/C20H34O4/c1-2-3-6-9-17(21)14-12-16-13-15-19(22)18(16)10-7-4-5-8-11-20(23)24/h12,14,16-18,21H,2-11,13,15H2,1H3,(H,23,24)/b14-12+/t16-,17+,18+/m1/s1. The Morgan fingerprint density at radius 2 is 1.96 bits per heavy atom. The molecule has 0 aliphatic heterocycles. The number of aliphatic carboxylic acids is 1. The van der Waals surface area contributed by atoms with E-state index in [9.17, 15) is 14.7 Å². The van der Waals surface area contributed by atoms with Crippen LogP contribution in [-0.4, -0.2) is 28.1 Å². The Kier molecular flexibility index (Phi) is 10.6. The summed E-state index contributed by atoms with van der Waals surface area (Å²) in [7, 11) is 0. The third kappa shape index (κ3) is 8.62. The average Bonchev–Trinajstić information content (AvgIpc) is 2.89. The van der Waals surface area contributed by atoms with Crippen molar-refractivity contribution in [3.63, 3.8) is 0 Å². The fourth-order valence-electron chi connectivity index (χ4n) is 3.50. The Morgan fingerprint density at radius 1 is 1.21 bits per heavy atom. The van der Waals surface area contributed by atoms with E-state index in [0.717, 1.165) is 64.2 Å². The lowest BCUT2D eigenvalue weighted by Gasteiger charge is -2.15. The van der Waals surface area contributed by atoms with Crippen LogP contribution in [0.15, 0.2) is 12.2 Å². The molecular weight excluding hydrogens is 304 g/mol. The van der Waals surface area contributed by atoms with E-state index in [1.807, 2.05) is 6.08 Å².